The molecule has 0 fully saturated rings. The molecule has 0 radical (unpaired) electrons. The highest BCUT2D eigenvalue weighted by molar-refractivity contribution is 9.10. The van der Waals surface area contributed by atoms with E-state index in [4.69, 9.17) is 19.9 Å². The minimum atomic E-state index is 0.392. The molecule has 4 nitrogen and oxygen atoms in total. The number of hydrogen-bond donors (Lipinski definition) is 1. The van der Waals surface area contributed by atoms with Crippen molar-refractivity contribution in [3.63, 3.8) is 0 Å². The number of hydrogen-bond acceptors (Lipinski definition) is 4. The molecule has 0 amide bonds. The van der Waals surface area contributed by atoms with Crippen LogP contribution in [0.25, 0.3) is 0 Å². The molecule has 2 aromatic rings. The van der Waals surface area contributed by atoms with Crippen LogP contribution in [0.3, 0.4) is 0 Å². The number of halogens is 1. The van der Waals surface area contributed by atoms with E-state index >= 15 is 0 Å². The summed E-state index contributed by atoms with van der Waals surface area (Å²) in [5.41, 5.74) is 7.63. The first-order chi connectivity index (χ1) is 10.2. The van der Waals surface area contributed by atoms with Crippen LogP contribution in [-0.4, -0.2) is 14.2 Å². The van der Waals surface area contributed by atoms with Gasteiger partial charge in [0.05, 0.1) is 14.2 Å². The summed E-state index contributed by atoms with van der Waals surface area (Å²) in [6.45, 7) is 0.803. The zero-order chi connectivity index (χ0) is 15.2. The fraction of sp³-hybridized carbons (Fsp3) is 0.250. The minimum Gasteiger partial charge on any atom is -0.497 e. The fourth-order valence-corrected chi connectivity index (χ4v) is 2.39. The lowest BCUT2D eigenvalue weighted by Gasteiger charge is -2.14. The van der Waals surface area contributed by atoms with E-state index in [1.807, 2.05) is 36.4 Å². The maximum Gasteiger partial charge on any atom is 0.127 e. The average molecular weight is 352 g/mol. The molecular weight excluding hydrogens is 334 g/mol. The van der Waals surface area contributed by atoms with Gasteiger partial charge >= 0.3 is 0 Å². The van der Waals surface area contributed by atoms with Gasteiger partial charge in [-0.2, -0.15) is 0 Å². The lowest BCUT2D eigenvalue weighted by molar-refractivity contribution is 0.291. The van der Waals surface area contributed by atoms with Crippen molar-refractivity contribution < 1.29 is 14.2 Å². The Bertz CT molecular complexity index is 616. The summed E-state index contributed by atoms with van der Waals surface area (Å²) in [6, 6.07) is 11.4. The molecule has 2 rings (SSSR count). The van der Waals surface area contributed by atoms with Crippen molar-refractivity contribution in [1.29, 1.82) is 0 Å². The van der Waals surface area contributed by atoms with Gasteiger partial charge in [-0.1, -0.05) is 22.0 Å². The molecule has 0 aromatic heterocycles. The van der Waals surface area contributed by atoms with Crippen LogP contribution in [0.1, 0.15) is 11.1 Å². The van der Waals surface area contributed by atoms with Crippen LogP contribution < -0.4 is 19.9 Å². The maximum atomic E-state index is 5.89. The monoisotopic (exact) mass is 351 g/mol. The second kappa shape index (κ2) is 7.33. The first-order valence-electron chi connectivity index (χ1n) is 6.50. The highest BCUT2D eigenvalue weighted by Gasteiger charge is 2.08. The van der Waals surface area contributed by atoms with Gasteiger partial charge in [0.15, 0.2) is 0 Å². The van der Waals surface area contributed by atoms with Crippen LogP contribution in [0, 0.1) is 0 Å². The Hall–Kier alpha value is -1.72. The van der Waals surface area contributed by atoms with Crippen LogP contribution in [0.2, 0.25) is 0 Å². The van der Waals surface area contributed by atoms with E-state index in [0.29, 0.717) is 13.2 Å². The Morgan fingerprint density at radius 3 is 2.43 bits per heavy atom. The smallest absolute Gasteiger partial charge is 0.127 e. The fourth-order valence-electron chi connectivity index (χ4n) is 1.98. The third-order valence-corrected chi connectivity index (χ3v) is 3.61. The summed E-state index contributed by atoms with van der Waals surface area (Å²) in [5.74, 6) is 2.25. The molecule has 0 aliphatic rings. The molecular formula is C16H18BrNO3. The molecule has 5 heteroatoms. The lowest BCUT2D eigenvalue weighted by Crippen LogP contribution is -2.04. The van der Waals surface area contributed by atoms with Crippen molar-refractivity contribution >= 4 is 15.9 Å². The topological polar surface area (TPSA) is 53.7 Å². The van der Waals surface area contributed by atoms with E-state index in [0.717, 1.165) is 32.8 Å². The largest absolute Gasteiger partial charge is 0.497 e. The molecule has 21 heavy (non-hydrogen) atoms. The van der Waals surface area contributed by atoms with Crippen molar-refractivity contribution in [3.8, 4) is 17.2 Å². The molecule has 112 valence electrons. The summed E-state index contributed by atoms with van der Waals surface area (Å²) in [6.07, 6.45) is 0. The van der Waals surface area contributed by atoms with Crippen molar-refractivity contribution in [3.05, 3.63) is 52.0 Å². The SMILES string of the molecule is COc1ccc(CN)c(OCc2cc(Br)ccc2OC)c1. The van der Waals surface area contributed by atoms with Crippen LogP contribution >= 0.6 is 15.9 Å². The number of benzene rings is 2. The van der Waals surface area contributed by atoms with Gasteiger partial charge in [0.25, 0.3) is 0 Å². The summed E-state index contributed by atoms with van der Waals surface area (Å²) >= 11 is 3.45. The standard InChI is InChI=1S/C16H18BrNO3/c1-19-14-5-3-11(9-18)16(8-14)21-10-12-7-13(17)4-6-15(12)20-2/h3-8H,9-10,18H2,1-2H3. The zero-order valence-electron chi connectivity index (χ0n) is 12.1. The third kappa shape index (κ3) is 3.89. The zero-order valence-corrected chi connectivity index (χ0v) is 13.6. The van der Waals surface area contributed by atoms with Crippen LogP contribution in [0.4, 0.5) is 0 Å². The van der Waals surface area contributed by atoms with E-state index < -0.39 is 0 Å². The molecule has 0 heterocycles. The molecule has 0 unspecified atom stereocenters. The Morgan fingerprint density at radius 1 is 0.952 bits per heavy atom. The Labute approximate surface area is 132 Å². The van der Waals surface area contributed by atoms with Gasteiger partial charge in [-0.05, 0) is 24.3 Å². The molecule has 0 aliphatic heterocycles. The third-order valence-electron chi connectivity index (χ3n) is 3.12. The molecule has 0 saturated carbocycles. The van der Waals surface area contributed by atoms with Gasteiger partial charge in [0.2, 0.25) is 0 Å². The summed E-state index contributed by atoms with van der Waals surface area (Å²) < 4.78 is 17.4. The van der Waals surface area contributed by atoms with Crippen molar-refractivity contribution in [2.24, 2.45) is 5.73 Å². The minimum absolute atomic E-state index is 0.392. The highest BCUT2D eigenvalue weighted by atomic mass is 79.9. The number of ether oxygens (including phenoxy) is 3. The number of rotatable bonds is 6. The summed E-state index contributed by atoms with van der Waals surface area (Å²) in [7, 11) is 3.27. The normalized spacial score (nSPS) is 10.3. The van der Waals surface area contributed by atoms with Gasteiger partial charge in [-0.25, -0.2) is 0 Å². The van der Waals surface area contributed by atoms with Crippen LogP contribution in [0.5, 0.6) is 17.2 Å². The second-order valence-corrected chi connectivity index (χ2v) is 5.34. The summed E-state index contributed by atoms with van der Waals surface area (Å²) in [5, 5.41) is 0. The first-order valence-corrected chi connectivity index (χ1v) is 7.29. The lowest BCUT2D eigenvalue weighted by atomic mass is 10.2. The Kier molecular flexibility index (Phi) is 5.47. The number of nitrogens with two attached hydrogens (primary N) is 1. The highest BCUT2D eigenvalue weighted by Crippen LogP contribution is 2.28. The quantitative estimate of drug-likeness (QED) is 0.865. The molecule has 0 aliphatic carbocycles. The van der Waals surface area contributed by atoms with Crippen LogP contribution in [-0.2, 0) is 13.2 Å². The molecule has 0 spiro atoms. The van der Waals surface area contributed by atoms with E-state index in [9.17, 15) is 0 Å². The van der Waals surface area contributed by atoms with Gasteiger partial charge in [0, 0.05) is 28.2 Å². The average Bonchev–Trinajstić information content (AvgIpc) is 2.52. The van der Waals surface area contributed by atoms with Crippen molar-refractivity contribution in [2.45, 2.75) is 13.2 Å². The first kappa shape index (κ1) is 15.7. The van der Waals surface area contributed by atoms with Gasteiger partial charge in [0.1, 0.15) is 23.9 Å². The van der Waals surface area contributed by atoms with Gasteiger partial charge < -0.3 is 19.9 Å². The van der Waals surface area contributed by atoms with Crippen molar-refractivity contribution in [2.75, 3.05) is 14.2 Å². The van der Waals surface area contributed by atoms with Crippen molar-refractivity contribution in [1.82, 2.24) is 0 Å². The predicted octanol–water partition coefficient (Wildman–Crippen LogP) is 3.50. The van der Waals surface area contributed by atoms with E-state index in [-0.39, 0.29) is 0 Å². The Morgan fingerprint density at radius 2 is 1.76 bits per heavy atom. The second-order valence-electron chi connectivity index (χ2n) is 4.42. The molecule has 2 aromatic carbocycles. The van der Waals surface area contributed by atoms with Gasteiger partial charge in [-0.3, -0.25) is 0 Å². The predicted molar refractivity (Wildman–Crippen MR) is 85.9 cm³/mol. The molecule has 0 saturated heterocycles. The number of methoxy groups -OCH3 is 2. The summed E-state index contributed by atoms with van der Waals surface area (Å²) in [4.78, 5) is 0. The maximum absolute atomic E-state index is 5.89. The van der Waals surface area contributed by atoms with E-state index in [1.165, 1.54) is 0 Å². The molecule has 0 bridgehead atoms. The van der Waals surface area contributed by atoms with Crippen LogP contribution in [0.15, 0.2) is 40.9 Å². The van der Waals surface area contributed by atoms with E-state index in [1.54, 1.807) is 14.2 Å². The molecule has 2 N–H and O–H groups in total. The molecule has 0 atom stereocenters. The Balaban J connectivity index is 2.21. The van der Waals surface area contributed by atoms with E-state index in [2.05, 4.69) is 15.9 Å². The van der Waals surface area contributed by atoms with Gasteiger partial charge in [-0.15, -0.1) is 0 Å².